The Balaban J connectivity index is 1.78. The van der Waals surface area contributed by atoms with Crippen LogP contribution in [0.25, 0.3) is 0 Å². The van der Waals surface area contributed by atoms with Crippen LogP contribution < -0.4 is 4.74 Å². The lowest BCUT2D eigenvalue weighted by molar-refractivity contribution is -0.143. The summed E-state index contributed by atoms with van der Waals surface area (Å²) in [5.74, 6) is 0.991. The first-order valence-electron chi connectivity index (χ1n) is 7.19. The number of tetrazole rings is 1. The summed E-state index contributed by atoms with van der Waals surface area (Å²) in [5.41, 5.74) is 0.992. The van der Waals surface area contributed by atoms with Crippen molar-refractivity contribution < 1.29 is 17.9 Å². The molecule has 0 bridgehead atoms. The Labute approximate surface area is 130 Å². The average molecular weight is 327 g/mol. The van der Waals surface area contributed by atoms with Crippen LogP contribution >= 0.6 is 0 Å². The fourth-order valence-electron chi connectivity index (χ4n) is 2.49. The Morgan fingerprint density at radius 2 is 2.09 bits per heavy atom. The molecule has 9 heteroatoms. The number of benzene rings is 1. The minimum atomic E-state index is -4.36. The molecule has 1 aliphatic rings. The van der Waals surface area contributed by atoms with Crippen molar-refractivity contribution in [3.63, 3.8) is 0 Å². The quantitative estimate of drug-likeness (QED) is 0.863. The molecule has 124 valence electrons. The van der Waals surface area contributed by atoms with Gasteiger partial charge in [-0.15, -0.1) is 5.10 Å². The molecule has 2 aromatic rings. The average Bonchev–Trinajstić information content (AvgIpc) is 2.82. The zero-order valence-electron chi connectivity index (χ0n) is 12.5. The van der Waals surface area contributed by atoms with Gasteiger partial charge in [0.15, 0.2) is 5.82 Å². The molecule has 0 saturated heterocycles. The molecule has 0 saturated carbocycles. The Kier molecular flexibility index (Phi) is 4.20. The van der Waals surface area contributed by atoms with E-state index in [9.17, 15) is 13.2 Å². The second kappa shape index (κ2) is 6.15. The number of halogens is 3. The molecule has 0 radical (unpaired) electrons. The van der Waals surface area contributed by atoms with Gasteiger partial charge in [0.2, 0.25) is 0 Å². The van der Waals surface area contributed by atoms with Crippen molar-refractivity contribution >= 4 is 0 Å². The number of aromatic nitrogens is 4. The maximum Gasteiger partial charge on any atom is 0.408 e. The van der Waals surface area contributed by atoms with E-state index in [0.29, 0.717) is 13.2 Å². The largest absolute Gasteiger partial charge is 0.492 e. The van der Waals surface area contributed by atoms with Crippen LogP contribution in [0.5, 0.6) is 5.75 Å². The second-order valence-electron chi connectivity index (χ2n) is 5.54. The first-order chi connectivity index (χ1) is 10.9. The lowest BCUT2D eigenvalue weighted by atomic mass is 10.2. The van der Waals surface area contributed by atoms with E-state index in [1.807, 2.05) is 36.1 Å². The zero-order chi connectivity index (χ0) is 16.4. The SMILES string of the molecule is CC1COc2ccccc2CN1Cc1nnnn1CC(F)(F)F. The zero-order valence-corrected chi connectivity index (χ0v) is 12.5. The van der Waals surface area contributed by atoms with Gasteiger partial charge < -0.3 is 4.74 Å². The molecule has 0 spiro atoms. The lowest BCUT2D eigenvalue weighted by Crippen LogP contribution is -2.35. The third-order valence-corrected chi connectivity index (χ3v) is 3.73. The third kappa shape index (κ3) is 3.79. The number of hydrogen-bond donors (Lipinski definition) is 0. The van der Waals surface area contributed by atoms with Crippen molar-refractivity contribution in [2.24, 2.45) is 0 Å². The molecule has 1 unspecified atom stereocenters. The van der Waals surface area contributed by atoms with E-state index < -0.39 is 12.7 Å². The van der Waals surface area contributed by atoms with Crippen LogP contribution in [-0.4, -0.2) is 43.9 Å². The van der Waals surface area contributed by atoms with E-state index in [1.165, 1.54) is 0 Å². The number of rotatable bonds is 3. The molecule has 0 N–H and O–H groups in total. The van der Waals surface area contributed by atoms with Crippen molar-refractivity contribution in [2.75, 3.05) is 6.61 Å². The Morgan fingerprint density at radius 1 is 1.30 bits per heavy atom. The van der Waals surface area contributed by atoms with Crippen LogP contribution in [0.4, 0.5) is 13.2 Å². The van der Waals surface area contributed by atoms with E-state index in [0.717, 1.165) is 16.0 Å². The van der Waals surface area contributed by atoms with Crippen molar-refractivity contribution in [1.29, 1.82) is 0 Å². The van der Waals surface area contributed by atoms with Crippen LogP contribution in [0.2, 0.25) is 0 Å². The molecule has 0 amide bonds. The van der Waals surface area contributed by atoms with Gasteiger partial charge in [0, 0.05) is 18.2 Å². The predicted molar refractivity (Wildman–Crippen MR) is 74.5 cm³/mol. The van der Waals surface area contributed by atoms with Crippen molar-refractivity contribution in [1.82, 2.24) is 25.1 Å². The van der Waals surface area contributed by atoms with Crippen molar-refractivity contribution in [3.05, 3.63) is 35.7 Å². The first-order valence-corrected chi connectivity index (χ1v) is 7.19. The van der Waals surface area contributed by atoms with Gasteiger partial charge in [-0.05, 0) is 23.4 Å². The number of ether oxygens (including phenoxy) is 1. The Hall–Kier alpha value is -2.16. The van der Waals surface area contributed by atoms with Gasteiger partial charge in [-0.3, -0.25) is 4.90 Å². The van der Waals surface area contributed by atoms with Crippen LogP contribution in [0.15, 0.2) is 24.3 Å². The van der Waals surface area contributed by atoms with Crippen LogP contribution in [0, 0.1) is 0 Å². The standard InChI is InChI=1S/C14H16F3N5O/c1-10-8-23-12-5-3-2-4-11(12)6-21(10)7-13-18-19-20-22(13)9-14(15,16)17/h2-5,10H,6-9H2,1H3. The van der Waals surface area contributed by atoms with Crippen LogP contribution in [0.1, 0.15) is 18.3 Å². The highest BCUT2D eigenvalue weighted by Crippen LogP contribution is 2.25. The molecule has 6 nitrogen and oxygen atoms in total. The topological polar surface area (TPSA) is 56.1 Å². The molecule has 0 fully saturated rings. The van der Waals surface area contributed by atoms with Crippen molar-refractivity contribution in [3.8, 4) is 5.75 Å². The summed E-state index contributed by atoms with van der Waals surface area (Å²) in [6.45, 7) is 2.02. The molecule has 23 heavy (non-hydrogen) atoms. The highest BCUT2D eigenvalue weighted by molar-refractivity contribution is 5.34. The van der Waals surface area contributed by atoms with Crippen molar-refractivity contribution in [2.45, 2.75) is 38.8 Å². The number of nitrogens with zero attached hydrogens (tertiary/aromatic N) is 5. The van der Waals surface area contributed by atoms with Crippen LogP contribution in [0.3, 0.4) is 0 Å². The minimum absolute atomic E-state index is 0.0263. The summed E-state index contributed by atoms with van der Waals surface area (Å²) in [4.78, 5) is 2.00. The van der Waals surface area contributed by atoms with Gasteiger partial charge in [0.1, 0.15) is 18.9 Å². The normalized spacial score (nSPS) is 19.0. The van der Waals surface area contributed by atoms with E-state index in [1.54, 1.807) is 0 Å². The van der Waals surface area contributed by atoms with Crippen LogP contribution in [-0.2, 0) is 19.6 Å². The van der Waals surface area contributed by atoms with Gasteiger partial charge in [-0.2, -0.15) is 13.2 Å². The highest BCUT2D eigenvalue weighted by Gasteiger charge is 2.31. The number of alkyl halides is 3. The molecule has 1 aromatic heterocycles. The summed E-state index contributed by atoms with van der Waals surface area (Å²) in [5, 5.41) is 10.5. The maximum atomic E-state index is 12.6. The summed E-state index contributed by atoms with van der Waals surface area (Å²) in [6, 6.07) is 7.66. The molecule has 0 aliphatic carbocycles. The van der Waals surface area contributed by atoms with Gasteiger partial charge in [0.05, 0.1) is 6.54 Å². The summed E-state index contributed by atoms with van der Waals surface area (Å²) >= 11 is 0. The number of para-hydroxylation sites is 1. The summed E-state index contributed by atoms with van der Waals surface area (Å²) in [7, 11) is 0. The highest BCUT2D eigenvalue weighted by atomic mass is 19.4. The molecular formula is C14H16F3N5O. The molecule has 3 rings (SSSR count). The second-order valence-corrected chi connectivity index (χ2v) is 5.54. The van der Waals surface area contributed by atoms with Gasteiger partial charge in [0.25, 0.3) is 0 Å². The fourth-order valence-corrected chi connectivity index (χ4v) is 2.49. The van der Waals surface area contributed by atoms with Gasteiger partial charge in [-0.25, -0.2) is 4.68 Å². The smallest absolute Gasteiger partial charge is 0.408 e. The van der Waals surface area contributed by atoms with Gasteiger partial charge >= 0.3 is 6.18 Å². The number of hydrogen-bond acceptors (Lipinski definition) is 5. The Bertz CT molecular complexity index is 672. The lowest BCUT2D eigenvalue weighted by Gasteiger charge is -2.25. The molecule has 1 aliphatic heterocycles. The van der Waals surface area contributed by atoms with E-state index in [4.69, 9.17) is 4.74 Å². The molecule has 2 heterocycles. The van der Waals surface area contributed by atoms with Gasteiger partial charge in [-0.1, -0.05) is 18.2 Å². The van der Waals surface area contributed by atoms with E-state index in [-0.39, 0.29) is 18.4 Å². The van der Waals surface area contributed by atoms with E-state index in [2.05, 4.69) is 15.5 Å². The Morgan fingerprint density at radius 3 is 2.87 bits per heavy atom. The van der Waals surface area contributed by atoms with E-state index >= 15 is 0 Å². The molecule has 1 atom stereocenters. The molecular weight excluding hydrogens is 311 g/mol. The summed E-state index contributed by atoms with van der Waals surface area (Å²) in [6.07, 6.45) is -4.36. The summed E-state index contributed by atoms with van der Waals surface area (Å²) < 4.78 is 44.2. The minimum Gasteiger partial charge on any atom is -0.492 e. The fraction of sp³-hybridized carbons (Fsp3) is 0.500. The molecule has 1 aromatic carbocycles. The predicted octanol–water partition coefficient (Wildman–Crippen LogP) is 2.02. The first kappa shape index (κ1) is 15.7. The maximum absolute atomic E-state index is 12.6. The number of fused-ring (bicyclic) bond motifs is 1. The third-order valence-electron chi connectivity index (χ3n) is 3.73. The monoisotopic (exact) mass is 327 g/mol.